The summed E-state index contributed by atoms with van der Waals surface area (Å²) in [5, 5.41) is 9.54. The van der Waals surface area contributed by atoms with Crippen LogP contribution in [0.1, 0.15) is 12.0 Å². The first kappa shape index (κ1) is 11.4. The largest absolute Gasteiger partial charge is 0.393 e. The molecule has 1 rings (SSSR count). The summed E-state index contributed by atoms with van der Waals surface area (Å²) >= 11 is 5.72. The second-order valence-electron chi connectivity index (χ2n) is 3.15. The fourth-order valence-corrected chi connectivity index (χ4v) is 1.46. The summed E-state index contributed by atoms with van der Waals surface area (Å²) in [6.07, 6.45) is 0.278. The van der Waals surface area contributed by atoms with Crippen LogP contribution in [0.15, 0.2) is 18.2 Å². The minimum absolute atomic E-state index is 0.0866. The lowest BCUT2D eigenvalue weighted by molar-refractivity contribution is 0.167. The molecule has 2 nitrogen and oxygen atoms in total. The van der Waals surface area contributed by atoms with Crippen LogP contribution in [-0.4, -0.2) is 17.8 Å². The standard InChI is InChI=1S/C10H13ClFNO/c11-10-7(2-1-3-9(10)12)6-8(14)4-5-13/h1-3,8,14H,4-6,13H2. The van der Waals surface area contributed by atoms with Crippen LogP contribution >= 0.6 is 11.6 Å². The number of halogens is 2. The molecule has 1 aromatic carbocycles. The van der Waals surface area contributed by atoms with Crippen LogP contribution in [0.4, 0.5) is 4.39 Å². The number of hydrogen-bond donors (Lipinski definition) is 2. The zero-order valence-corrected chi connectivity index (χ0v) is 8.47. The predicted octanol–water partition coefficient (Wildman–Crippen LogP) is 1.73. The van der Waals surface area contributed by atoms with E-state index in [0.717, 1.165) is 0 Å². The predicted molar refractivity (Wildman–Crippen MR) is 54.8 cm³/mol. The van der Waals surface area contributed by atoms with Crippen LogP contribution in [0.5, 0.6) is 0 Å². The zero-order valence-electron chi connectivity index (χ0n) is 7.71. The number of nitrogens with two attached hydrogens (primary N) is 1. The van der Waals surface area contributed by atoms with Crippen LogP contribution in [0.25, 0.3) is 0 Å². The molecule has 3 N–H and O–H groups in total. The summed E-state index contributed by atoms with van der Waals surface area (Å²) in [6.45, 7) is 0.411. The van der Waals surface area contributed by atoms with Crippen LogP contribution in [0, 0.1) is 5.82 Å². The Kier molecular flexibility index (Phi) is 4.32. The quantitative estimate of drug-likeness (QED) is 0.807. The molecule has 1 atom stereocenters. The van der Waals surface area contributed by atoms with E-state index in [9.17, 15) is 9.50 Å². The van der Waals surface area contributed by atoms with Crippen molar-refractivity contribution in [2.45, 2.75) is 18.9 Å². The zero-order chi connectivity index (χ0) is 10.6. The van der Waals surface area contributed by atoms with Crippen molar-refractivity contribution in [2.24, 2.45) is 5.73 Å². The molecule has 0 aliphatic heterocycles. The lowest BCUT2D eigenvalue weighted by Crippen LogP contribution is -2.16. The Labute approximate surface area is 87.5 Å². The van der Waals surface area contributed by atoms with E-state index in [2.05, 4.69) is 0 Å². The molecule has 0 saturated carbocycles. The molecular formula is C10H13ClFNO. The highest BCUT2D eigenvalue weighted by Gasteiger charge is 2.10. The minimum Gasteiger partial charge on any atom is -0.393 e. The molecule has 0 saturated heterocycles. The van der Waals surface area contributed by atoms with Gasteiger partial charge in [0.1, 0.15) is 5.82 Å². The smallest absolute Gasteiger partial charge is 0.142 e. The summed E-state index contributed by atoms with van der Waals surface area (Å²) in [4.78, 5) is 0. The fraction of sp³-hybridized carbons (Fsp3) is 0.400. The molecule has 0 aliphatic rings. The Morgan fingerprint density at radius 3 is 2.86 bits per heavy atom. The van der Waals surface area contributed by atoms with Crippen LogP contribution in [0.3, 0.4) is 0 Å². The molecule has 0 radical (unpaired) electrons. The van der Waals surface area contributed by atoms with Gasteiger partial charge in [0.05, 0.1) is 11.1 Å². The van der Waals surface area contributed by atoms with E-state index >= 15 is 0 Å². The molecule has 0 amide bonds. The molecule has 0 aliphatic carbocycles. The minimum atomic E-state index is -0.556. The normalized spacial score (nSPS) is 12.9. The molecule has 1 aromatic rings. The van der Waals surface area contributed by atoms with E-state index in [1.54, 1.807) is 12.1 Å². The van der Waals surface area contributed by atoms with Crippen LogP contribution < -0.4 is 5.73 Å². The number of rotatable bonds is 4. The maximum atomic E-state index is 13.0. The Bertz CT molecular complexity index is 306. The van der Waals surface area contributed by atoms with Gasteiger partial charge in [-0.15, -0.1) is 0 Å². The van der Waals surface area contributed by atoms with Crippen molar-refractivity contribution in [1.29, 1.82) is 0 Å². The Morgan fingerprint density at radius 2 is 2.21 bits per heavy atom. The summed E-state index contributed by atoms with van der Waals surface area (Å²) in [5.41, 5.74) is 5.90. The van der Waals surface area contributed by atoms with Crippen molar-refractivity contribution < 1.29 is 9.50 Å². The highest BCUT2D eigenvalue weighted by Crippen LogP contribution is 2.21. The van der Waals surface area contributed by atoms with Crippen LogP contribution in [0.2, 0.25) is 5.02 Å². The van der Waals surface area contributed by atoms with E-state index in [4.69, 9.17) is 17.3 Å². The highest BCUT2D eigenvalue weighted by molar-refractivity contribution is 6.31. The number of aliphatic hydroxyl groups excluding tert-OH is 1. The Hall–Kier alpha value is -0.640. The van der Waals surface area contributed by atoms with Gasteiger partial charge >= 0.3 is 0 Å². The third kappa shape index (κ3) is 2.94. The third-order valence-electron chi connectivity index (χ3n) is 1.99. The second kappa shape index (κ2) is 5.29. The molecule has 0 heterocycles. The fourth-order valence-electron chi connectivity index (χ4n) is 1.25. The summed E-state index contributed by atoms with van der Waals surface area (Å²) in [5.74, 6) is -0.455. The lowest BCUT2D eigenvalue weighted by atomic mass is 10.1. The van der Waals surface area contributed by atoms with Gasteiger partial charge in [0.25, 0.3) is 0 Å². The molecule has 0 fully saturated rings. The first-order valence-electron chi connectivity index (χ1n) is 4.46. The first-order valence-corrected chi connectivity index (χ1v) is 4.84. The van der Waals surface area contributed by atoms with Gasteiger partial charge in [-0.2, -0.15) is 0 Å². The van der Waals surface area contributed by atoms with E-state index < -0.39 is 11.9 Å². The SMILES string of the molecule is NCCC(O)Cc1cccc(F)c1Cl. The van der Waals surface area contributed by atoms with Gasteiger partial charge in [0.15, 0.2) is 0 Å². The maximum absolute atomic E-state index is 13.0. The van der Waals surface area contributed by atoms with Crippen molar-refractivity contribution in [1.82, 2.24) is 0 Å². The lowest BCUT2D eigenvalue weighted by Gasteiger charge is -2.10. The van der Waals surface area contributed by atoms with Gasteiger partial charge in [0.2, 0.25) is 0 Å². The van der Waals surface area contributed by atoms with Gasteiger partial charge in [-0.05, 0) is 31.0 Å². The maximum Gasteiger partial charge on any atom is 0.142 e. The third-order valence-corrected chi connectivity index (χ3v) is 2.41. The molecule has 0 spiro atoms. The number of aliphatic hydroxyl groups is 1. The molecule has 1 unspecified atom stereocenters. The molecule has 0 bridgehead atoms. The van der Waals surface area contributed by atoms with Gasteiger partial charge < -0.3 is 10.8 Å². The molecule has 4 heteroatoms. The van der Waals surface area contributed by atoms with Crippen molar-refractivity contribution >= 4 is 11.6 Å². The van der Waals surface area contributed by atoms with Gasteiger partial charge in [-0.1, -0.05) is 23.7 Å². The van der Waals surface area contributed by atoms with Crippen molar-refractivity contribution in [2.75, 3.05) is 6.54 Å². The Balaban J connectivity index is 2.71. The summed E-state index contributed by atoms with van der Waals surface area (Å²) in [7, 11) is 0. The molecule has 78 valence electrons. The number of hydrogen-bond acceptors (Lipinski definition) is 2. The van der Waals surface area contributed by atoms with Crippen molar-refractivity contribution in [3.8, 4) is 0 Å². The molecule has 0 aromatic heterocycles. The van der Waals surface area contributed by atoms with E-state index in [0.29, 0.717) is 24.9 Å². The topological polar surface area (TPSA) is 46.2 Å². The van der Waals surface area contributed by atoms with Gasteiger partial charge in [-0.3, -0.25) is 0 Å². The summed E-state index contributed by atoms with van der Waals surface area (Å²) in [6, 6.07) is 4.57. The van der Waals surface area contributed by atoms with E-state index in [1.165, 1.54) is 6.07 Å². The van der Waals surface area contributed by atoms with Crippen molar-refractivity contribution in [3.63, 3.8) is 0 Å². The highest BCUT2D eigenvalue weighted by atomic mass is 35.5. The molecular weight excluding hydrogens is 205 g/mol. The average Bonchev–Trinajstić information content (AvgIpc) is 2.13. The van der Waals surface area contributed by atoms with Gasteiger partial charge in [-0.25, -0.2) is 4.39 Å². The first-order chi connectivity index (χ1) is 6.65. The monoisotopic (exact) mass is 217 g/mol. The van der Waals surface area contributed by atoms with E-state index in [-0.39, 0.29) is 5.02 Å². The molecule has 14 heavy (non-hydrogen) atoms. The van der Waals surface area contributed by atoms with E-state index in [1.807, 2.05) is 0 Å². The average molecular weight is 218 g/mol. The number of benzene rings is 1. The van der Waals surface area contributed by atoms with Crippen molar-refractivity contribution in [3.05, 3.63) is 34.6 Å². The second-order valence-corrected chi connectivity index (χ2v) is 3.53. The Morgan fingerprint density at radius 1 is 1.50 bits per heavy atom. The van der Waals surface area contributed by atoms with Crippen LogP contribution in [-0.2, 0) is 6.42 Å². The summed E-state index contributed by atoms with van der Waals surface area (Å²) < 4.78 is 13.0. The van der Waals surface area contributed by atoms with Gasteiger partial charge in [0, 0.05) is 0 Å².